The zero-order valence-corrected chi connectivity index (χ0v) is 18.0. The van der Waals surface area contributed by atoms with Gasteiger partial charge in [-0.05, 0) is 44.0 Å². The van der Waals surface area contributed by atoms with Gasteiger partial charge >= 0.3 is 6.09 Å². The molecule has 1 spiro atoms. The van der Waals surface area contributed by atoms with Gasteiger partial charge in [0.15, 0.2) is 17.4 Å². The number of hydrogen-bond acceptors (Lipinski definition) is 7. The molecule has 0 N–H and O–H groups in total. The van der Waals surface area contributed by atoms with Gasteiger partial charge in [0.25, 0.3) is 5.91 Å². The largest absolute Gasteiger partial charge is 0.456 e. The number of fused-ring (bicyclic) bond motifs is 2. The lowest BCUT2D eigenvalue weighted by Crippen LogP contribution is -2.57. The molecule has 0 aliphatic carbocycles. The van der Waals surface area contributed by atoms with Crippen LogP contribution < -0.4 is 0 Å². The summed E-state index contributed by atoms with van der Waals surface area (Å²) in [7, 11) is 1.38. The molecule has 1 fully saturated rings. The van der Waals surface area contributed by atoms with Gasteiger partial charge in [-0.15, -0.1) is 10.2 Å². The summed E-state index contributed by atoms with van der Waals surface area (Å²) in [6.45, 7) is 3.64. The number of rotatable bonds is 2. The summed E-state index contributed by atoms with van der Waals surface area (Å²) in [5.74, 6) is 2.35. The molecule has 0 aromatic carbocycles. The Morgan fingerprint density at radius 3 is 2.59 bits per heavy atom. The molecule has 2 aliphatic heterocycles. The fourth-order valence-electron chi connectivity index (χ4n) is 4.72. The highest BCUT2D eigenvalue weighted by atomic mass is 16.5. The number of nitrogens with zero attached hydrogens (tertiary/aromatic N) is 6. The molecule has 166 valence electrons. The first-order valence-corrected chi connectivity index (χ1v) is 10.5. The molecule has 5 rings (SSSR count). The quantitative estimate of drug-likeness (QED) is 0.607. The number of piperidine rings is 1. The molecule has 3 aromatic rings. The van der Waals surface area contributed by atoms with Gasteiger partial charge in [0.2, 0.25) is 0 Å². The van der Waals surface area contributed by atoms with Crippen LogP contribution in [0.2, 0.25) is 0 Å². The van der Waals surface area contributed by atoms with Gasteiger partial charge in [-0.2, -0.15) is 0 Å². The number of hydrogen-bond donors (Lipinski definition) is 0. The van der Waals surface area contributed by atoms with E-state index in [1.807, 2.05) is 19.1 Å². The van der Waals surface area contributed by atoms with Crippen LogP contribution in [0, 0.1) is 6.92 Å². The predicted molar refractivity (Wildman–Crippen MR) is 113 cm³/mol. The zero-order chi connectivity index (χ0) is 22.3. The van der Waals surface area contributed by atoms with Crippen LogP contribution in [0.25, 0.3) is 11.4 Å². The van der Waals surface area contributed by atoms with E-state index in [0.717, 1.165) is 11.4 Å². The van der Waals surface area contributed by atoms with Gasteiger partial charge in [-0.1, -0.05) is 0 Å². The van der Waals surface area contributed by atoms with Gasteiger partial charge < -0.3 is 18.6 Å². The van der Waals surface area contributed by atoms with Crippen LogP contribution in [-0.2, 0) is 16.8 Å². The van der Waals surface area contributed by atoms with Crippen LogP contribution in [0.1, 0.15) is 35.0 Å². The molecule has 0 atom stereocenters. The highest BCUT2D eigenvalue weighted by Crippen LogP contribution is 2.39. The van der Waals surface area contributed by atoms with Gasteiger partial charge in [0, 0.05) is 37.6 Å². The van der Waals surface area contributed by atoms with Crippen LogP contribution >= 0.6 is 0 Å². The predicted octanol–water partition coefficient (Wildman–Crippen LogP) is 2.46. The van der Waals surface area contributed by atoms with E-state index in [-0.39, 0.29) is 5.91 Å². The van der Waals surface area contributed by atoms with Crippen molar-refractivity contribution in [1.29, 1.82) is 0 Å². The summed E-state index contributed by atoms with van der Waals surface area (Å²) in [5, 5.41) is 8.83. The molecule has 0 radical (unpaired) electrons. The summed E-state index contributed by atoms with van der Waals surface area (Å²) in [6, 6.07) is 7.31. The second-order valence-electron chi connectivity index (χ2n) is 8.27. The minimum atomic E-state index is -0.452. The molecule has 0 bridgehead atoms. The molecular formula is C22H24N6O4. The van der Waals surface area contributed by atoms with E-state index < -0.39 is 11.6 Å². The zero-order valence-electron chi connectivity index (χ0n) is 18.0. The maximum atomic E-state index is 12.9. The highest BCUT2D eigenvalue weighted by molar-refractivity contribution is 5.91. The number of aryl methyl sites for hydroxylation is 1. The van der Waals surface area contributed by atoms with Crippen molar-refractivity contribution < 1.29 is 18.7 Å². The van der Waals surface area contributed by atoms with Crippen molar-refractivity contribution >= 4 is 12.0 Å². The summed E-state index contributed by atoms with van der Waals surface area (Å²) < 4.78 is 12.7. The second-order valence-corrected chi connectivity index (χ2v) is 8.27. The molecule has 0 unspecified atom stereocenters. The van der Waals surface area contributed by atoms with Crippen LogP contribution in [0.5, 0.6) is 0 Å². The first kappa shape index (κ1) is 20.2. The maximum Gasteiger partial charge on any atom is 0.409 e. The van der Waals surface area contributed by atoms with E-state index in [0.29, 0.717) is 56.4 Å². The first-order chi connectivity index (χ1) is 15.5. The summed E-state index contributed by atoms with van der Waals surface area (Å²) >= 11 is 0. The fourth-order valence-corrected chi connectivity index (χ4v) is 4.72. The third-order valence-electron chi connectivity index (χ3n) is 6.31. The van der Waals surface area contributed by atoms with E-state index >= 15 is 0 Å². The van der Waals surface area contributed by atoms with Crippen molar-refractivity contribution in [3.05, 3.63) is 54.0 Å². The lowest BCUT2D eigenvalue weighted by atomic mass is 9.84. The van der Waals surface area contributed by atoms with Gasteiger partial charge in [0.05, 0.1) is 19.2 Å². The van der Waals surface area contributed by atoms with Crippen LogP contribution in [0.3, 0.4) is 0 Å². The van der Waals surface area contributed by atoms with Crippen LogP contribution in [0.4, 0.5) is 4.79 Å². The van der Waals surface area contributed by atoms with Gasteiger partial charge in [0.1, 0.15) is 5.76 Å². The summed E-state index contributed by atoms with van der Waals surface area (Å²) in [5.41, 5.74) is 0.411. The number of likely N-dealkylation sites (tertiary alicyclic amines) is 1. The van der Waals surface area contributed by atoms with Crippen molar-refractivity contribution in [2.75, 3.05) is 26.7 Å². The lowest BCUT2D eigenvalue weighted by Gasteiger charge is -2.48. The van der Waals surface area contributed by atoms with Crippen LogP contribution in [-0.4, -0.2) is 68.3 Å². The smallest absolute Gasteiger partial charge is 0.409 e. The number of carbonyl (C=O) groups is 2. The van der Waals surface area contributed by atoms with E-state index in [1.165, 1.54) is 7.11 Å². The molecular weight excluding hydrogens is 412 g/mol. The van der Waals surface area contributed by atoms with Gasteiger partial charge in [-0.3, -0.25) is 14.7 Å². The van der Waals surface area contributed by atoms with E-state index in [4.69, 9.17) is 9.15 Å². The Labute approximate surface area is 184 Å². The molecule has 2 aliphatic rings. The molecule has 32 heavy (non-hydrogen) atoms. The number of methoxy groups -OCH3 is 1. The molecule has 1 saturated heterocycles. The van der Waals surface area contributed by atoms with Crippen molar-refractivity contribution in [3.63, 3.8) is 0 Å². The monoisotopic (exact) mass is 436 g/mol. The molecule has 10 nitrogen and oxygen atoms in total. The molecule has 3 aromatic heterocycles. The molecule has 10 heteroatoms. The van der Waals surface area contributed by atoms with E-state index in [2.05, 4.69) is 19.7 Å². The Kier molecular flexibility index (Phi) is 4.91. The maximum absolute atomic E-state index is 12.9. The average molecular weight is 436 g/mol. The fraction of sp³-hybridized carbons (Fsp3) is 0.409. The Balaban J connectivity index is 1.48. The molecule has 2 amide bonds. The van der Waals surface area contributed by atoms with Crippen molar-refractivity contribution in [2.24, 2.45) is 0 Å². The lowest BCUT2D eigenvalue weighted by molar-refractivity contribution is 0.0303. The number of ether oxygens (including phenoxy) is 1. The Hall–Kier alpha value is -3.69. The first-order valence-electron chi connectivity index (χ1n) is 10.5. The van der Waals surface area contributed by atoms with Crippen molar-refractivity contribution in [2.45, 2.75) is 31.8 Å². The van der Waals surface area contributed by atoms with Gasteiger partial charge in [-0.25, -0.2) is 4.79 Å². The van der Waals surface area contributed by atoms with Crippen LogP contribution in [0.15, 0.2) is 41.1 Å². The third-order valence-corrected chi connectivity index (χ3v) is 6.31. The Morgan fingerprint density at radius 2 is 1.94 bits per heavy atom. The normalized spacial score (nSPS) is 17.3. The van der Waals surface area contributed by atoms with E-state index in [9.17, 15) is 9.59 Å². The number of aromatic nitrogens is 4. The van der Waals surface area contributed by atoms with Crippen molar-refractivity contribution in [1.82, 2.24) is 29.5 Å². The SMILES string of the molecule is COC(=O)N1Cc2nnc(-c3cccnc3)n2C2(CCN(C(=O)c3ccc(C)o3)CC2)C1. The third kappa shape index (κ3) is 3.31. The Morgan fingerprint density at radius 1 is 1.12 bits per heavy atom. The highest BCUT2D eigenvalue weighted by Gasteiger charge is 2.46. The van der Waals surface area contributed by atoms with Crippen molar-refractivity contribution in [3.8, 4) is 11.4 Å². The topological polar surface area (TPSA) is 107 Å². The molecule has 0 saturated carbocycles. The number of amides is 2. The number of furan rings is 1. The summed E-state index contributed by atoms with van der Waals surface area (Å²) in [6.07, 6.45) is 4.36. The summed E-state index contributed by atoms with van der Waals surface area (Å²) in [4.78, 5) is 33.0. The molecule has 5 heterocycles. The Bertz CT molecular complexity index is 1150. The minimum absolute atomic E-state index is 0.120. The second kappa shape index (κ2) is 7.77. The number of pyridine rings is 1. The van der Waals surface area contributed by atoms with E-state index in [1.54, 1.807) is 34.3 Å². The number of carbonyl (C=O) groups excluding carboxylic acids is 2. The average Bonchev–Trinajstić information content (AvgIpc) is 3.46. The minimum Gasteiger partial charge on any atom is -0.456 e. The standard InChI is InChI=1S/C22H24N6O4/c1-15-5-6-17(32-15)20(29)26-10-7-22(8-11-26)14-27(21(30)31-2)13-18-24-25-19(28(18)22)16-4-3-9-23-12-16/h3-6,9,12H,7-8,10-11,13-14H2,1-2H3.